The molecule has 2 rings (SSSR count). The molecule has 1 saturated heterocycles. The van der Waals surface area contributed by atoms with Crippen molar-refractivity contribution < 1.29 is 9.59 Å². The van der Waals surface area contributed by atoms with Crippen molar-refractivity contribution in [2.75, 3.05) is 19.6 Å². The van der Waals surface area contributed by atoms with Crippen molar-refractivity contribution in [3.05, 3.63) is 35.4 Å². The van der Waals surface area contributed by atoms with Gasteiger partial charge in [0.25, 0.3) is 0 Å². The smallest absolute Gasteiger partial charge is 0.315 e. The van der Waals surface area contributed by atoms with Crippen molar-refractivity contribution in [2.45, 2.75) is 52.6 Å². The van der Waals surface area contributed by atoms with Crippen molar-refractivity contribution >= 4 is 24.3 Å². The lowest BCUT2D eigenvalue weighted by atomic mass is 9.95. The Kier molecular flexibility index (Phi) is 10.3. The number of urea groups is 1. The Hall–Kier alpha value is -1.79. The van der Waals surface area contributed by atoms with Gasteiger partial charge in [-0.15, -0.1) is 12.4 Å². The van der Waals surface area contributed by atoms with E-state index in [1.54, 1.807) is 0 Å². The number of hydrogen-bond acceptors (Lipinski definition) is 3. The number of nitrogens with zero attached hydrogens (tertiary/aromatic N) is 1. The first kappa shape index (κ1) is 24.2. The molecule has 0 aromatic heterocycles. The van der Waals surface area contributed by atoms with Crippen LogP contribution in [0.5, 0.6) is 0 Å². The monoisotopic (exact) mass is 410 g/mol. The number of hydrogen-bond donors (Lipinski definition) is 3. The van der Waals surface area contributed by atoms with Crippen LogP contribution >= 0.6 is 12.4 Å². The molecule has 1 fully saturated rings. The summed E-state index contributed by atoms with van der Waals surface area (Å²) in [4.78, 5) is 27.2. The van der Waals surface area contributed by atoms with Gasteiger partial charge >= 0.3 is 6.03 Å². The van der Waals surface area contributed by atoms with Gasteiger partial charge in [0.2, 0.25) is 5.91 Å². The maximum atomic E-state index is 12.9. The molecule has 1 atom stereocenters. The van der Waals surface area contributed by atoms with Crippen LogP contribution in [-0.4, -0.2) is 42.5 Å². The first-order valence-corrected chi connectivity index (χ1v) is 9.97. The van der Waals surface area contributed by atoms with Gasteiger partial charge in [0, 0.05) is 19.6 Å². The number of carbonyl (C=O) groups excluding carboxylic acids is 2. The number of nitrogens with two attached hydrogens (primary N) is 1. The molecule has 1 unspecified atom stereocenters. The summed E-state index contributed by atoms with van der Waals surface area (Å²) in [5, 5.41) is 5.75. The molecule has 0 aliphatic carbocycles. The van der Waals surface area contributed by atoms with Gasteiger partial charge in [0.15, 0.2) is 0 Å². The van der Waals surface area contributed by atoms with Crippen LogP contribution in [-0.2, 0) is 11.3 Å². The first-order chi connectivity index (χ1) is 12.9. The Balaban J connectivity index is 0.00000392. The molecule has 7 heteroatoms. The number of nitrogens with one attached hydrogen (secondary N) is 2. The minimum atomic E-state index is -0.488. The van der Waals surface area contributed by atoms with E-state index < -0.39 is 6.04 Å². The largest absolute Gasteiger partial charge is 0.341 e. The fourth-order valence-corrected chi connectivity index (χ4v) is 3.40. The lowest BCUT2D eigenvalue weighted by molar-refractivity contribution is -0.135. The van der Waals surface area contributed by atoms with Crippen LogP contribution in [0.15, 0.2) is 24.3 Å². The highest BCUT2D eigenvalue weighted by molar-refractivity contribution is 5.87. The summed E-state index contributed by atoms with van der Waals surface area (Å²) in [6, 6.07) is 7.24. The van der Waals surface area contributed by atoms with E-state index in [0.29, 0.717) is 31.3 Å². The maximum Gasteiger partial charge on any atom is 0.315 e. The first-order valence-electron chi connectivity index (χ1n) is 9.97. The maximum absolute atomic E-state index is 12.9. The molecule has 0 radical (unpaired) electrons. The fraction of sp³-hybridized carbons (Fsp3) is 0.619. The Morgan fingerprint density at radius 1 is 1.18 bits per heavy atom. The highest BCUT2D eigenvalue weighted by Gasteiger charge is 2.29. The highest BCUT2D eigenvalue weighted by atomic mass is 35.5. The van der Waals surface area contributed by atoms with Gasteiger partial charge in [-0.05, 0) is 50.1 Å². The molecule has 3 amide bonds. The Morgan fingerprint density at radius 2 is 1.79 bits per heavy atom. The molecule has 0 saturated carbocycles. The number of amides is 3. The lowest BCUT2D eigenvalue weighted by Crippen LogP contribution is -2.53. The fourth-order valence-electron chi connectivity index (χ4n) is 3.40. The van der Waals surface area contributed by atoms with Crippen LogP contribution in [0.4, 0.5) is 4.79 Å². The van der Waals surface area contributed by atoms with Crippen molar-refractivity contribution in [3.8, 4) is 0 Å². The topological polar surface area (TPSA) is 87.5 Å². The number of carbonyl (C=O) groups is 2. The van der Waals surface area contributed by atoms with E-state index in [1.807, 2.05) is 36.1 Å². The van der Waals surface area contributed by atoms with E-state index in [9.17, 15) is 9.59 Å². The van der Waals surface area contributed by atoms with Gasteiger partial charge in [-0.2, -0.15) is 0 Å². The van der Waals surface area contributed by atoms with Gasteiger partial charge in [-0.3, -0.25) is 4.79 Å². The second kappa shape index (κ2) is 11.9. The molecule has 158 valence electrons. The third-order valence-electron chi connectivity index (χ3n) is 5.14. The van der Waals surface area contributed by atoms with Crippen LogP contribution in [0, 0.1) is 18.8 Å². The molecule has 1 aliphatic rings. The van der Waals surface area contributed by atoms with Gasteiger partial charge in [0.05, 0.1) is 0 Å². The molecule has 28 heavy (non-hydrogen) atoms. The summed E-state index contributed by atoms with van der Waals surface area (Å²) in [6.07, 6.45) is 2.51. The molecule has 1 heterocycles. The molecular formula is C21H35ClN4O2. The predicted molar refractivity (Wildman–Crippen MR) is 115 cm³/mol. The molecule has 4 N–H and O–H groups in total. The highest BCUT2D eigenvalue weighted by Crippen LogP contribution is 2.18. The summed E-state index contributed by atoms with van der Waals surface area (Å²) < 4.78 is 0. The van der Waals surface area contributed by atoms with Gasteiger partial charge in [-0.25, -0.2) is 4.79 Å². The van der Waals surface area contributed by atoms with E-state index in [0.717, 1.165) is 31.5 Å². The molecular weight excluding hydrogens is 376 g/mol. The standard InChI is InChI=1S/C21H34N4O2.ClH/c1-15(2)12-19(20(26)25-10-8-17(13-22)9-11-25)24-21(27)23-14-18-6-4-16(3)5-7-18;/h4-7,15,17,19H,8-14,22H2,1-3H3,(H2,23,24,27);1H. The summed E-state index contributed by atoms with van der Waals surface area (Å²) in [5.74, 6) is 0.839. The molecule has 0 spiro atoms. The third kappa shape index (κ3) is 7.68. The zero-order valence-corrected chi connectivity index (χ0v) is 18.1. The van der Waals surface area contributed by atoms with Crippen molar-refractivity contribution in [2.24, 2.45) is 17.6 Å². The summed E-state index contributed by atoms with van der Waals surface area (Å²) in [7, 11) is 0. The number of halogens is 1. The van der Waals surface area contributed by atoms with Crippen molar-refractivity contribution in [3.63, 3.8) is 0 Å². The normalized spacial score (nSPS) is 15.7. The number of piperidine rings is 1. The predicted octanol–water partition coefficient (Wildman–Crippen LogP) is 2.83. The van der Waals surface area contributed by atoms with Crippen LogP contribution in [0.2, 0.25) is 0 Å². The number of aryl methyl sites for hydroxylation is 1. The summed E-state index contributed by atoms with van der Waals surface area (Å²) >= 11 is 0. The van der Waals surface area contributed by atoms with E-state index in [2.05, 4.69) is 24.5 Å². The van der Waals surface area contributed by atoms with E-state index in [1.165, 1.54) is 5.56 Å². The van der Waals surface area contributed by atoms with Gasteiger partial charge in [0.1, 0.15) is 6.04 Å². The van der Waals surface area contributed by atoms with Gasteiger partial charge in [-0.1, -0.05) is 43.7 Å². The number of likely N-dealkylation sites (tertiary alicyclic amines) is 1. The summed E-state index contributed by atoms with van der Waals surface area (Å²) in [6.45, 7) is 8.72. The van der Waals surface area contributed by atoms with Gasteiger partial charge < -0.3 is 21.3 Å². The van der Waals surface area contributed by atoms with E-state index in [-0.39, 0.29) is 24.3 Å². The minimum Gasteiger partial charge on any atom is -0.341 e. The molecule has 6 nitrogen and oxygen atoms in total. The third-order valence-corrected chi connectivity index (χ3v) is 5.14. The quantitative estimate of drug-likeness (QED) is 0.645. The van der Waals surface area contributed by atoms with Crippen molar-refractivity contribution in [1.29, 1.82) is 0 Å². The molecule has 0 bridgehead atoms. The summed E-state index contributed by atoms with van der Waals surface area (Å²) in [5.41, 5.74) is 7.96. The average Bonchev–Trinajstić information content (AvgIpc) is 2.66. The second-order valence-corrected chi connectivity index (χ2v) is 8.00. The Morgan fingerprint density at radius 3 is 2.32 bits per heavy atom. The van der Waals surface area contributed by atoms with E-state index in [4.69, 9.17) is 5.73 Å². The molecule has 1 aliphatic heterocycles. The van der Waals surface area contributed by atoms with Crippen LogP contribution in [0.3, 0.4) is 0 Å². The minimum absolute atomic E-state index is 0. The van der Waals surface area contributed by atoms with Crippen LogP contribution in [0.1, 0.15) is 44.2 Å². The Labute approximate surface area is 175 Å². The van der Waals surface area contributed by atoms with Crippen LogP contribution < -0.4 is 16.4 Å². The average molecular weight is 411 g/mol. The van der Waals surface area contributed by atoms with E-state index >= 15 is 0 Å². The second-order valence-electron chi connectivity index (χ2n) is 8.00. The lowest BCUT2D eigenvalue weighted by Gasteiger charge is -2.34. The van der Waals surface area contributed by atoms with Crippen molar-refractivity contribution in [1.82, 2.24) is 15.5 Å². The Bertz CT molecular complexity index is 613. The zero-order valence-electron chi connectivity index (χ0n) is 17.2. The molecule has 1 aromatic rings. The zero-order chi connectivity index (χ0) is 19.8. The van der Waals surface area contributed by atoms with Crippen LogP contribution in [0.25, 0.3) is 0 Å². The molecule has 1 aromatic carbocycles. The number of benzene rings is 1. The number of rotatable bonds is 7. The SMILES string of the molecule is Cc1ccc(CNC(=O)NC(CC(C)C)C(=O)N2CCC(CN)CC2)cc1.Cl.